The lowest BCUT2D eigenvalue weighted by Crippen LogP contribution is -2.13. The van der Waals surface area contributed by atoms with Gasteiger partial charge in [-0.15, -0.1) is 0 Å². The minimum Gasteiger partial charge on any atom is -0.506 e. The summed E-state index contributed by atoms with van der Waals surface area (Å²) < 4.78 is 61.8. The van der Waals surface area contributed by atoms with Crippen LogP contribution >= 0.6 is 0 Å². The first kappa shape index (κ1) is 12.3. The SMILES string of the molecule is O=Cc1ncc(O)c(C(F)(F)F)c1C(F)F. The number of pyridine rings is 1. The molecule has 16 heavy (non-hydrogen) atoms. The molecular formula is C8H4F5NO2. The van der Waals surface area contributed by atoms with Gasteiger partial charge in [-0.1, -0.05) is 0 Å². The van der Waals surface area contributed by atoms with Gasteiger partial charge in [0.2, 0.25) is 0 Å². The molecule has 1 rings (SSSR count). The lowest BCUT2D eigenvalue weighted by atomic mass is 10.1. The van der Waals surface area contributed by atoms with Gasteiger partial charge in [0.15, 0.2) is 6.29 Å². The molecule has 0 spiro atoms. The average Bonchev–Trinajstić information content (AvgIpc) is 2.15. The second kappa shape index (κ2) is 4.03. The lowest BCUT2D eigenvalue weighted by Gasteiger charge is -2.14. The zero-order valence-corrected chi connectivity index (χ0v) is 7.42. The van der Waals surface area contributed by atoms with E-state index in [0.29, 0.717) is 6.20 Å². The fourth-order valence-electron chi connectivity index (χ4n) is 1.14. The Balaban J connectivity index is 3.61. The van der Waals surface area contributed by atoms with Crippen molar-refractivity contribution in [2.45, 2.75) is 12.6 Å². The van der Waals surface area contributed by atoms with Crippen LogP contribution in [0.5, 0.6) is 5.75 Å². The van der Waals surface area contributed by atoms with Crippen molar-refractivity contribution >= 4 is 6.29 Å². The van der Waals surface area contributed by atoms with Crippen LogP contribution in [-0.4, -0.2) is 16.4 Å². The maximum Gasteiger partial charge on any atom is 0.420 e. The highest BCUT2D eigenvalue weighted by atomic mass is 19.4. The van der Waals surface area contributed by atoms with Gasteiger partial charge in [-0.25, -0.2) is 13.8 Å². The van der Waals surface area contributed by atoms with Crippen molar-refractivity contribution in [1.82, 2.24) is 4.98 Å². The van der Waals surface area contributed by atoms with Crippen LogP contribution in [0.25, 0.3) is 0 Å². The van der Waals surface area contributed by atoms with E-state index >= 15 is 0 Å². The molecule has 1 aromatic rings. The Morgan fingerprint density at radius 2 is 1.94 bits per heavy atom. The fourth-order valence-corrected chi connectivity index (χ4v) is 1.14. The Hall–Kier alpha value is -1.73. The summed E-state index contributed by atoms with van der Waals surface area (Å²) in [6.07, 6.45) is -8.66. The van der Waals surface area contributed by atoms with Gasteiger partial charge in [0.1, 0.15) is 17.0 Å². The standard InChI is InChI=1S/C8H4F5NO2/c9-7(10)5-3(2-15)14-1-4(16)6(5)8(11,12)13/h1-2,7,16H. The highest BCUT2D eigenvalue weighted by Crippen LogP contribution is 2.41. The van der Waals surface area contributed by atoms with Crippen molar-refractivity contribution in [3.63, 3.8) is 0 Å². The highest BCUT2D eigenvalue weighted by molar-refractivity contribution is 5.76. The number of aromatic hydroxyl groups is 1. The van der Waals surface area contributed by atoms with E-state index < -0.39 is 35.2 Å². The second-order valence-corrected chi connectivity index (χ2v) is 2.73. The van der Waals surface area contributed by atoms with Crippen molar-refractivity contribution in [3.05, 3.63) is 23.0 Å². The maximum atomic E-state index is 12.4. The minimum atomic E-state index is -5.18. The quantitative estimate of drug-likeness (QED) is 0.639. The Labute approximate surface area is 85.5 Å². The maximum absolute atomic E-state index is 12.4. The topological polar surface area (TPSA) is 50.2 Å². The van der Waals surface area contributed by atoms with Crippen LogP contribution in [0.2, 0.25) is 0 Å². The van der Waals surface area contributed by atoms with E-state index in [2.05, 4.69) is 4.98 Å². The zero-order chi connectivity index (χ0) is 12.5. The van der Waals surface area contributed by atoms with E-state index in [1.807, 2.05) is 0 Å². The molecular weight excluding hydrogens is 237 g/mol. The number of carbonyl (C=O) groups excluding carboxylic acids is 1. The molecule has 0 aliphatic rings. The molecule has 88 valence electrons. The molecule has 0 bridgehead atoms. The monoisotopic (exact) mass is 241 g/mol. The van der Waals surface area contributed by atoms with Crippen molar-refractivity contribution in [2.75, 3.05) is 0 Å². The number of aldehydes is 1. The van der Waals surface area contributed by atoms with Crippen LogP contribution in [0, 0.1) is 0 Å². The molecule has 0 aliphatic carbocycles. The summed E-state index contributed by atoms with van der Waals surface area (Å²) in [6.45, 7) is 0. The van der Waals surface area contributed by atoms with Gasteiger partial charge in [0.05, 0.1) is 11.8 Å². The molecule has 0 saturated heterocycles. The second-order valence-electron chi connectivity index (χ2n) is 2.73. The lowest BCUT2D eigenvalue weighted by molar-refractivity contribution is -0.140. The van der Waals surface area contributed by atoms with E-state index in [9.17, 15) is 26.7 Å². The van der Waals surface area contributed by atoms with Gasteiger partial charge >= 0.3 is 6.18 Å². The number of hydrogen-bond donors (Lipinski definition) is 1. The number of alkyl halides is 5. The van der Waals surface area contributed by atoms with Gasteiger partial charge in [-0.05, 0) is 0 Å². The molecule has 0 atom stereocenters. The van der Waals surface area contributed by atoms with Crippen molar-refractivity contribution < 1.29 is 31.9 Å². The molecule has 0 saturated carbocycles. The molecule has 0 radical (unpaired) electrons. The van der Waals surface area contributed by atoms with Gasteiger partial charge in [0, 0.05) is 0 Å². The summed E-state index contributed by atoms with van der Waals surface area (Å²) >= 11 is 0. The van der Waals surface area contributed by atoms with Crippen LogP contribution in [0.3, 0.4) is 0 Å². The van der Waals surface area contributed by atoms with Crippen LogP contribution < -0.4 is 0 Å². The van der Waals surface area contributed by atoms with Crippen molar-refractivity contribution in [1.29, 1.82) is 0 Å². The molecule has 0 amide bonds. The number of carbonyl (C=O) groups is 1. The number of halogens is 5. The molecule has 0 unspecified atom stereocenters. The van der Waals surface area contributed by atoms with Crippen LogP contribution in [0.1, 0.15) is 28.0 Å². The van der Waals surface area contributed by atoms with E-state index in [1.54, 1.807) is 0 Å². The molecule has 0 fully saturated rings. The largest absolute Gasteiger partial charge is 0.506 e. The summed E-state index contributed by atoms with van der Waals surface area (Å²) in [7, 11) is 0. The fraction of sp³-hybridized carbons (Fsp3) is 0.250. The average molecular weight is 241 g/mol. The van der Waals surface area contributed by atoms with Gasteiger partial charge in [-0.2, -0.15) is 13.2 Å². The van der Waals surface area contributed by atoms with E-state index in [1.165, 1.54) is 0 Å². The van der Waals surface area contributed by atoms with E-state index in [4.69, 9.17) is 5.11 Å². The first-order valence-electron chi connectivity index (χ1n) is 3.81. The Kier molecular flexibility index (Phi) is 3.11. The molecule has 3 nitrogen and oxygen atoms in total. The smallest absolute Gasteiger partial charge is 0.420 e. The zero-order valence-electron chi connectivity index (χ0n) is 7.42. The van der Waals surface area contributed by atoms with Gasteiger partial charge in [0.25, 0.3) is 6.43 Å². The van der Waals surface area contributed by atoms with Crippen molar-refractivity contribution in [3.8, 4) is 5.75 Å². The molecule has 1 heterocycles. The Morgan fingerprint density at radius 3 is 2.31 bits per heavy atom. The molecule has 0 aliphatic heterocycles. The molecule has 1 aromatic heterocycles. The summed E-state index contributed by atoms with van der Waals surface area (Å²) in [5.74, 6) is -1.44. The van der Waals surface area contributed by atoms with Crippen LogP contribution in [0.4, 0.5) is 22.0 Å². The number of nitrogens with zero attached hydrogens (tertiary/aromatic N) is 1. The highest BCUT2D eigenvalue weighted by Gasteiger charge is 2.40. The Morgan fingerprint density at radius 1 is 1.38 bits per heavy atom. The molecule has 0 aromatic carbocycles. The predicted molar refractivity (Wildman–Crippen MR) is 41.2 cm³/mol. The van der Waals surface area contributed by atoms with Gasteiger partial charge in [-0.3, -0.25) is 4.79 Å². The summed E-state index contributed by atoms with van der Waals surface area (Å²) in [4.78, 5) is 13.3. The Bertz CT molecular complexity index is 416. The summed E-state index contributed by atoms with van der Waals surface area (Å²) in [6, 6.07) is 0. The van der Waals surface area contributed by atoms with Gasteiger partial charge < -0.3 is 5.11 Å². The van der Waals surface area contributed by atoms with E-state index in [0.717, 1.165) is 0 Å². The number of hydrogen-bond acceptors (Lipinski definition) is 3. The van der Waals surface area contributed by atoms with Crippen LogP contribution in [0.15, 0.2) is 6.20 Å². The third-order valence-corrected chi connectivity index (χ3v) is 1.74. The van der Waals surface area contributed by atoms with Crippen LogP contribution in [-0.2, 0) is 6.18 Å². The minimum absolute atomic E-state index is 0.226. The number of rotatable bonds is 2. The normalized spacial score (nSPS) is 11.9. The number of aromatic nitrogens is 1. The van der Waals surface area contributed by atoms with Crippen molar-refractivity contribution in [2.24, 2.45) is 0 Å². The first-order chi connectivity index (χ1) is 7.29. The summed E-state index contributed by atoms with van der Waals surface area (Å²) in [5.41, 5.74) is -4.58. The molecule has 1 N–H and O–H groups in total. The molecule has 8 heteroatoms. The third kappa shape index (κ3) is 2.10. The predicted octanol–water partition coefficient (Wildman–Crippen LogP) is 2.56. The first-order valence-corrected chi connectivity index (χ1v) is 3.81. The summed E-state index contributed by atoms with van der Waals surface area (Å²) in [5, 5.41) is 8.86. The van der Waals surface area contributed by atoms with E-state index in [-0.39, 0.29) is 6.29 Å². The third-order valence-electron chi connectivity index (χ3n) is 1.74.